The number of nitrogens with zero attached hydrogens (tertiary/aromatic N) is 1. The highest BCUT2D eigenvalue weighted by molar-refractivity contribution is 5.89. The van der Waals surface area contributed by atoms with Gasteiger partial charge in [0.1, 0.15) is 18.1 Å². The van der Waals surface area contributed by atoms with E-state index in [9.17, 15) is 4.79 Å². The molecule has 1 aromatic heterocycles. The third-order valence-corrected chi connectivity index (χ3v) is 5.51. The Morgan fingerprint density at radius 1 is 0.969 bits per heavy atom. The van der Waals surface area contributed by atoms with E-state index in [1.165, 1.54) is 16.7 Å². The van der Waals surface area contributed by atoms with Gasteiger partial charge >= 0.3 is 5.97 Å². The van der Waals surface area contributed by atoms with E-state index in [2.05, 4.69) is 32.0 Å². The second-order valence-corrected chi connectivity index (χ2v) is 7.47. The quantitative estimate of drug-likeness (QED) is 0.391. The van der Waals surface area contributed by atoms with Gasteiger partial charge in [0.2, 0.25) is 0 Å². The van der Waals surface area contributed by atoms with Crippen LogP contribution in [0.4, 0.5) is 0 Å². The number of benzene rings is 2. The number of rotatable bonds is 9. The van der Waals surface area contributed by atoms with Gasteiger partial charge in [-0.25, -0.2) is 4.79 Å². The summed E-state index contributed by atoms with van der Waals surface area (Å²) in [5, 5.41) is 0. The highest BCUT2D eigenvalue weighted by Gasteiger charge is 2.16. The molecule has 0 aliphatic heterocycles. The van der Waals surface area contributed by atoms with Crippen molar-refractivity contribution in [1.82, 2.24) is 4.98 Å². The van der Waals surface area contributed by atoms with Crippen molar-refractivity contribution in [3.8, 4) is 22.8 Å². The number of carbonyl (C=O) groups excluding carboxylic acids is 1. The molecule has 5 heteroatoms. The number of aryl methyl sites for hydroxylation is 3. The smallest absolute Gasteiger partial charge is 0.338 e. The SMILES string of the molecule is CCOC(=O)c1ccc(OCc2c(OC)cc(-c3c(CC)cccc3CC)nc2C)cc1. The van der Waals surface area contributed by atoms with E-state index in [-0.39, 0.29) is 5.97 Å². The molecule has 0 N–H and O–H groups in total. The van der Waals surface area contributed by atoms with Gasteiger partial charge in [-0.05, 0) is 62.1 Å². The number of hydrogen-bond acceptors (Lipinski definition) is 5. The van der Waals surface area contributed by atoms with Crippen LogP contribution < -0.4 is 9.47 Å². The third kappa shape index (κ3) is 5.10. The summed E-state index contributed by atoms with van der Waals surface area (Å²) in [7, 11) is 1.67. The molecule has 3 aromatic rings. The van der Waals surface area contributed by atoms with E-state index >= 15 is 0 Å². The fourth-order valence-electron chi connectivity index (χ4n) is 3.78. The highest BCUT2D eigenvalue weighted by atomic mass is 16.5. The van der Waals surface area contributed by atoms with Gasteiger partial charge in [-0.1, -0.05) is 32.0 Å². The minimum atomic E-state index is -0.338. The number of esters is 1. The van der Waals surface area contributed by atoms with Crippen LogP contribution in [0.2, 0.25) is 0 Å². The Morgan fingerprint density at radius 2 is 1.62 bits per heavy atom. The van der Waals surface area contributed by atoms with Crippen molar-refractivity contribution < 1.29 is 19.0 Å². The van der Waals surface area contributed by atoms with Crippen molar-refractivity contribution in [3.63, 3.8) is 0 Å². The molecule has 0 atom stereocenters. The summed E-state index contributed by atoms with van der Waals surface area (Å²) in [6.45, 7) is 8.76. The van der Waals surface area contributed by atoms with Gasteiger partial charge in [0, 0.05) is 17.3 Å². The summed E-state index contributed by atoms with van der Waals surface area (Å²) >= 11 is 0. The van der Waals surface area contributed by atoms with E-state index in [0.717, 1.165) is 35.5 Å². The Kier molecular flexibility index (Phi) is 7.87. The lowest BCUT2D eigenvalue weighted by molar-refractivity contribution is 0.0526. The largest absolute Gasteiger partial charge is 0.496 e. The Hall–Kier alpha value is -3.34. The van der Waals surface area contributed by atoms with E-state index in [1.54, 1.807) is 38.3 Å². The van der Waals surface area contributed by atoms with Gasteiger partial charge in [-0.15, -0.1) is 0 Å². The molecular weight excluding hydrogens is 402 g/mol. The lowest BCUT2D eigenvalue weighted by Crippen LogP contribution is -2.06. The third-order valence-electron chi connectivity index (χ3n) is 5.51. The Morgan fingerprint density at radius 3 is 2.19 bits per heavy atom. The second kappa shape index (κ2) is 10.8. The maximum absolute atomic E-state index is 11.8. The van der Waals surface area contributed by atoms with Crippen LogP contribution in [0.25, 0.3) is 11.3 Å². The summed E-state index contributed by atoms with van der Waals surface area (Å²) in [6, 6.07) is 15.4. The summed E-state index contributed by atoms with van der Waals surface area (Å²) in [5.74, 6) is 1.08. The summed E-state index contributed by atoms with van der Waals surface area (Å²) < 4.78 is 16.7. The van der Waals surface area contributed by atoms with Crippen molar-refractivity contribution in [2.45, 2.75) is 47.1 Å². The van der Waals surface area contributed by atoms with E-state index in [1.807, 2.05) is 13.0 Å². The molecule has 0 bridgehead atoms. The minimum absolute atomic E-state index is 0.317. The molecule has 2 aromatic carbocycles. The highest BCUT2D eigenvalue weighted by Crippen LogP contribution is 2.33. The van der Waals surface area contributed by atoms with Gasteiger partial charge in [0.15, 0.2) is 0 Å². The van der Waals surface area contributed by atoms with E-state index in [0.29, 0.717) is 24.5 Å². The van der Waals surface area contributed by atoms with Gasteiger partial charge in [0.25, 0.3) is 0 Å². The average Bonchev–Trinajstić information content (AvgIpc) is 2.82. The first-order valence-corrected chi connectivity index (χ1v) is 11.1. The molecular formula is C27H31NO4. The van der Waals surface area contributed by atoms with Crippen molar-refractivity contribution >= 4 is 5.97 Å². The molecule has 168 valence electrons. The van der Waals surface area contributed by atoms with Crippen molar-refractivity contribution in [2.24, 2.45) is 0 Å². The maximum atomic E-state index is 11.8. The summed E-state index contributed by atoms with van der Waals surface area (Å²) in [5.41, 5.74) is 6.96. The molecule has 0 saturated heterocycles. The van der Waals surface area contributed by atoms with Crippen LogP contribution in [-0.2, 0) is 24.2 Å². The standard InChI is InChI=1S/C27H31NO4/c1-6-19-10-9-11-20(7-2)26(19)24-16-25(30-5)23(18(4)28-24)17-32-22-14-12-21(13-15-22)27(29)31-8-3/h9-16H,6-8,17H2,1-5H3. The molecule has 0 radical (unpaired) electrons. The molecule has 1 heterocycles. The maximum Gasteiger partial charge on any atom is 0.338 e. The number of pyridine rings is 1. The molecule has 5 nitrogen and oxygen atoms in total. The Labute approximate surface area is 190 Å². The number of hydrogen-bond donors (Lipinski definition) is 0. The molecule has 0 aliphatic carbocycles. The molecule has 3 rings (SSSR count). The summed E-state index contributed by atoms with van der Waals surface area (Å²) in [6.07, 6.45) is 1.89. The second-order valence-electron chi connectivity index (χ2n) is 7.47. The zero-order valence-electron chi connectivity index (χ0n) is 19.5. The number of ether oxygens (including phenoxy) is 3. The zero-order chi connectivity index (χ0) is 23.1. The first-order chi connectivity index (χ1) is 15.5. The van der Waals surface area contributed by atoms with Crippen LogP contribution in [-0.4, -0.2) is 24.7 Å². The fraction of sp³-hybridized carbons (Fsp3) is 0.333. The lowest BCUT2D eigenvalue weighted by atomic mass is 9.94. The van der Waals surface area contributed by atoms with Crippen LogP contribution in [0.15, 0.2) is 48.5 Å². The van der Waals surface area contributed by atoms with E-state index < -0.39 is 0 Å². The van der Waals surface area contributed by atoms with Crippen molar-refractivity contribution in [2.75, 3.05) is 13.7 Å². The van der Waals surface area contributed by atoms with Gasteiger partial charge < -0.3 is 14.2 Å². The van der Waals surface area contributed by atoms with Crippen molar-refractivity contribution in [1.29, 1.82) is 0 Å². The van der Waals surface area contributed by atoms with Crippen LogP contribution in [0.3, 0.4) is 0 Å². The molecule has 0 fully saturated rings. The average molecular weight is 434 g/mol. The first kappa shape index (κ1) is 23.3. The monoisotopic (exact) mass is 433 g/mol. The minimum Gasteiger partial charge on any atom is -0.496 e. The summed E-state index contributed by atoms with van der Waals surface area (Å²) in [4.78, 5) is 16.7. The predicted molar refractivity (Wildman–Crippen MR) is 126 cm³/mol. The predicted octanol–water partition coefficient (Wildman–Crippen LogP) is 5.95. The van der Waals surface area contributed by atoms with Gasteiger partial charge in [0.05, 0.1) is 30.5 Å². The molecule has 0 amide bonds. The van der Waals surface area contributed by atoms with Crippen LogP contribution in [0, 0.1) is 6.92 Å². The number of carbonyl (C=O) groups is 1. The zero-order valence-corrected chi connectivity index (χ0v) is 19.5. The van der Waals surface area contributed by atoms with Crippen LogP contribution in [0.5, 0.6) is 11.5 Å². The number of methoxy groups -OCH3 is 1. The van der Waals surface area contributed by atoms with Gasteiger partial charge in [-0.2, -0.15) is 0 Å². The first-order valence-electron chi connectivity index (χ1n) is 11.1. The normalized spacial score (nSPS) is 10.7. The number of aromatic nitrogens is 1. The topological polar surface area (TPSA) is 57.7 Å². The molecule has 0 aliphatic rings. The Balaban J connectivity index is 1.86. The molecule has 32 heavy (non-hydrogen) atoms. The Bertz CT molecular complexity index is 1050. The molecule has 0 spiro atoms. The van der Waals surface area contributed by atoms with E-state index in [4.69, 9.17) is 19.2 Å². The van der Waals surface area contributed by atoms with Gasteiger partial charge in [-0.3, -0.25) is 4.98 Å². The van der Waals surface area contributed by atoms with Crippen LogP contribution in [0.1, 0.15) is 53.5 Å². The van der Waals surface area contributed by atoms with Crippen molar-refractivity contribution in [3.05, 3.63) is 76.5 Å². The lowest BCUT2D eigenvalue weighted by Gasteiger charge is -2.17. The van der Waals surface area contributed by atoms with Crippen LogP contribution >= 0.6 is 0 Å². The fourth-order valence-corrected chi connectivity index (χ4v) is 3.78. The molecule has 0 saturated carbocycles. The molecule has 0 unspecified atom stereocenters.